The number of nitro benzene ring substituents is 1. The molecule has 2 aromatic rings. The molecule has 21 heavy (non-hydrogen) atoms. The van der Waals surface area contributed by atoms with Gasteiger partial charge in [-0.1, -0.05) is 12.1 Å². The van der Waals surface area contributed by atoms with Gasteiger partial charge in [0.1, 0.15) is 5.69 Å². The largest absolute Gasteiger partial charge is 0.477 e. The van der Waals surface area contributed by atoms with E-state index in [0.29, 0.717) is 16.8 Å². The molecule has 1 heterocycles. The fourth-order valence-electron chi connectivity index (χ4n) is 2.05. The van der Waals surface area contributed by atoms with E-state index < -0.39 is 10.9 Å². The molecule has 1 aromatic carbocycles. The lowest BCUT2D eigenvalue weighted by molar-refractivity contribution is -0.385. The summed E-state index contributed by atoms with van der Waals surface area (Å²) in [5.41, 5.74) is 1.52. The lowest BCUT2D eigenvalue weighted by Gasteiger charge is -2.07. The molecule has 1 aromatic heterocycles. The number of hydrogen-bond acceptors (Lipinski definition) is 4. The molecule has 0 saturated heterocycles. The molecule has 110 valence electrons. The SMILES string of the molecule is Cc1ccc(-c2cc(C(=O)O)n(C(C)C)n2)cc1[N+](=O)[O-]. The minimum absolute atomic E-state index is 0.0107. The van der Waals surface area contributed by atoms with Gasteiger partial charge in [0.2, 0.25) is 0 Å². The molecule has 0 unspecified atom stereocenters. The molecule has 0 aliphatic rings. The van der Waals surface area contributed by atoms with Crippen LogP contribution in [0.3, 0.4) is 0 Å². The molecule has 2 rings (SSSR count). The van der Waals surface area contributed by atoms with Gasteiger partial charge in [-0.2, -0.15) is 5.10 Å². The number of rotatable bonds is 4. The third kappa shape index (κ3) is 2.76. The van der Waals surface area contributed by atoms with Gasteiger partial charge in [0.15, 0.2) is 0 Å². The zero-order chi connectivity index (χ0) is 15.7. The normalized spacial score (nSPS) is 10.9. The Hall–Kier alpha value is -2.70. The zero-order valence-corrected chi connectivity index (χ0v) is 11.9. The monoisotopic (exact) mass is 289 g/mol. The number of hydrogen-bond donors (Lipinski definition) is 1. The maximum Gasteiger partial charge on any atom is 0.354 e. The van der Waals surface area contributed by atoms with E-state index in [1.807, 2.05) is 13.8 Å². The van der Waals surface area contributed by atoms with Crippen molar-refractivity contribution >= 4 is 11.7 Å². The van der Waals surface area contributed by atoms with Crippen LogP contribution in [0.25, 0.3) is 11.3 Å². The third-order valence-electron chi connectivity index (χ3n) is 3.15. The van der Waals surface area contributed by atoms with E-state index in [-0.39, 0.29) is 17.4 Å². The van der Waals surface area contributed by atoms with Crippen molar-refractivity contribution in [3.8, 4) is 11.3 Å². The second-order valence-electron chi connectivity index (χ2n) is 5.02. The number of aryl methyl sites for hydroxylation is 1. The van der Waals surface area contributed by atoms with E-state index in [0.717, 1.165) is 0 Å². The summed E-state index contributed by atoms with van der Waals surface area (Å²) in [6, 6.07) is 6.04. The van der Waals surface area contributed by atoms with Gasteiger partial charge in [-0.15, -0.1) is 0 Å². The van der Waals surface area contributed by atoms with Crippen molar-refractivity contribution in [3.63, 3.8) is 0 Å². The van der Waals surface area contributed by atoms with Crippen LogP contribution in [-0.2, 0) is 0 Å². The lowest BCUT2D eigenvalue weighted by Crippen LogP contribution is -2.11. The van der Waals surface area contributed by atoms with Gasteiger partial charge in [0, 0.05) is 23.2 Å². The second-order valence-corrected chi connectivity index (χ2v) is 5.02. The van der Waals surface area contributed by atoms with E-state index >= 15 is 0 Å². The van der Waals surface area contributed by atoms with Crippen LogP contribution in [0, 0.1) is 17.0 Å². The number of carbonyl (C=O) groups is 1. The average Bonchev–Trinajstić information content (AvgIpc) is 2.84. The summed E-state index contributed by atoms with van der Waals surface area (Å²) in [6.07, 6.45) is 0. The summed E-state index contributed by atoms with van der Waals surface area (Å²) in [5, 5.41) is 24.4. The molecular formula is C14H15N3O4. The predicted molar refractivity (Wildman–Crippen MR) is 76.4 cm³/mol. The van der Waals surface area contributed by atoms with Crippen LogP contribution in [-0.4, -0.2) is 25.8 Å². The van der Waals surface area contributed by atoms with Crippen molar-refractivity contribution in [2.24, 2.45) is 0 Å². The molecule has 0 atom stereocenters. The van der Waals surface area contributed by atoms with Crippen molar-refractivity contribution in [2.75, 3.05) is 0 Å². The Kier molecular flexibility index (Phi) is 3.75. The molecule has 0 aliphatic carbocycles. The number of carboxylic acids is 1. The number of nitro groups is 1. The molecule has 0 fully saturated rings. The van der Waals surface area contributed by atoms with E-state index in [1.165, 1.54) is 16.8 Å². The first-order chi connectivity index (χ1) is 9.81. The summed E-state index contributed by atoms with van der Waals surface area (Å²) in [4.78, 5) is 21.7. The van der Waals surface area contributed by atoms with Crippen molar-refractivity contribution in [1.82, 2.24) is 9.78 Å². The number of benzene rings is 1. The van der Waals surface area contributed by atoms with Crippen LogP contribution < -0.4 is 0 Å². The van der Waals surface area contributed by atoms with Crippen LogP contribution in [0.4, 0.5) is 5.69 Å². The van der Waals surface area contributed by atoms with Gasteiger partial charge in [0.05, 0.1) is 10.6 Å². The summed E-state index contributed by atoms with van der Waals surface area (Å²) in [5.74, 6) is -1.08. The molecule has 7 heteroatoms. The molecule has 0 amide bonds. The smallest absolute Gasteiger partial charge is 0.354 e. The van der Waals surface area contributed by atoms with Gasteiger partial charge < -0.3 is 5.11 Å². The van der Waals surface area contributed by atoms with Crippen LogP contribution in [0.5, 0.6) is 0 Å². The number of nitrogens with zero attached hydrogens (tertiary/aromatic N) is 3. The fraction of sp³-hybridized carbons (Fsp3) is 0.286. The Labute approximate surface area is 121 Å². The van der Waals surface area contributed by atoms with Crippen molar-refractivity contribution < 1.29 is 14.8 Å². The Morgan fingerprint density at radius 3 is 2.52 bits per heavy atom. The Bertz CT molecular complexity index is 719. The highest BCUT2D eigenvalue weighted by molar-refractivity contribution is 5.87. The molecular weight excluding hydrogens is 274 g/mol. The molecule has 0 spiro atoms. The Balaban J connectivity index is 2.57. The van der Waals surface area contributed by atoms with Gasteiger partial charge in [-0.3, -0.25) is 14.8 Å². The Morgan fingerprint density at radius 2 is 2.05 bits per heavy atom. The van der Waals surface area contributed by atoms with Gasteiger partial charge in [-0.05, 0) is 26.8 Å². The highest BCUT2D eigenvalue weighted by Gasteiger charge is 2.19. The Morgan fingerprint density at radius 1 is 1.38 bits per heavy atom. The highest BCUT2D eigenvalue weighted by atomic mass is 16.6. The topological polar surface area (TPSA) is 98.3 Å². The summed E-state index contributed by atoms with van der Waals surface area (Å²) >= 11 is 0. The van der Waals surface area contributed by atoms with Crippen molar-refractivity contribution in [3.05, 3.63) is 45.6 Å². The first-order valence-corrected chi connectivity index (χ1v) is 6.39. The van der Waals surface area contributed by atoms with Gasteiger partial charge >= 0.3 is 5.97 Å². The standard InChI is InChI=1S/C14H15N3O4/c1-8(2)16-13(14(18)19)7-11(15-16)10-5-4-9(3)12(6-10)17(20)21/h4-8H,1-3H3,(H,18,19). The van der Waals surface area contributed by atoms with E-state index in [2.05, 4.69) is 5.10 Å². The maximum absolute atomic E-state index is 11.2. The maximum atomic E-state index is 11.2. The number of carboxylic acid groups (broad SMARTS) is 1. The quantitative estimate of drug-likeness (QED) is 0.689. The van der Waals surface area contributed by atoms with Gasteiger partial charge in [0.25, 0.3) is 5.69 Å². The lowest BCUT2D eigenvalue weighted by atomic mass is 10.1. The molecule has 0 saturated carbocycles. The highest BCUT2D eigenvalue weighted by Crippen LogP contribution is 2.27. The molecule has 1 N–H and O–H groups in total. The summed E-state index contributed by atoms with van der Waals surface area (Å²) < 4.78 is 1.39. The van der Waals surface area contributed by atoms with Crippen LogP contribution in [0.15, 0.2) is 24.3 Å². The number of aromatic carboxylic acids is 1. The van der Waals surface area contributed by atoms with Crippen molar-refractivity contribution in [1.29, 1.82) is 0 Å². The molecule has 0 bridgehead atoms. The number of aromatic nitrogens is 2. The molecule has 0 aliphatic heterocycles. The minimum Gasteiger partial charge on any atom is -0.477 e. The molecule has 0 radical (unpaired) electrons. The van der Waals surface area contributed by atoms with Gasteiger partial charge in [-0.25, -0.2) is 4.79 Å². The zero-order valence-electron chi connectivity index (χ0n) is 11.9. The van der Waals surface area contributed by atoms with E-state index in [4.69, 9.17) is 0 Å². The van der Waals surface area contributed by atoms with E-state index in [1.54, 1.807) is 19.1 Å². The van der Waals surface area contributed by atoms with Crippen LogP contribution in [0.2, 0.25) is 0 Å². The first kappa shape index (κ1) is 14.7. The second kappa shape index (κ2) is 5.35. The summed E-state index contributed by atoms with van der Waals surface area (Å²) in [7, 11) is 0. The van der Waals surface area contributed by atoms with Crippen LogP contribution in [0.1, 0.15) is 35.9 Å². The van der Waals surface area contributed by atoms with Crippen LogP contribution >= 0.6 is 0 Å². The fourth-order valence-corrected chi connectivity index (χ4v) is 2.05. The third-order valence-corrected chi connectivity index (χ3v) is 3.15. The first-order valence-electron chi connectivity index (χ1n) is 6.39. The van der Waals surface area contributed by atoms with E-state index in [9.17, 15) is 20.0 Å². The average molecular weight is 289 g/mol. The minimum atomic E-state index is -1.08. The summed E-state index contributed by atoms with van der Waals surface area (Å²) in [6.45, 7) is 5.29. The van der Waals surface area contributed by atoms with Crippen molar-refractivity contribution in [2.45, 2.75) is 26.8 Å². The predicted octanol–water partition coefficient (Wildman–Crippen LogP) is 3.05. The molecule has 7 nitrogen and oxygen atoms in total.